The smallest absolute Gasteiger partial charge is 0.142 e. The molecule has 1 N–H and O–H groups in total. The Morgan fingerprint density at radius 1 is 1.19 bits per heavy atom. The highest BCUT2D eigenvalue weighted by atomic mass is 35.5. The van der Waals surface area contributed by atoms with E-state index in [0.29, 0.717) is 13.0 Å². The maximum atomic E-state index is 13.5. The quantitative estimate of drug-likeness (QED) is 0.832. The third kappa shape index (κ3) is 5.03. The average Bonchev–Trinajstić information content (AvgIpc) is 2.50. The van der Waals surface area contributed by atoms with E-state index >= 15 is 0 Å². The minimum atomic E-state index is -0.381. The molecule has 0 aromatic heterocycles. The number of rotatable bonds is 7. The van der Waals surface area contributed by atoms with Gasteiger partial charge in [-0.3, -0.25) is 0 Å². The highest BCUT2D eigenvalue weighted by Crippen LogP contribution is 2.17. The van der Waals surface area contributed by atoms with Crippen LogP contribution in [-0.4, -0.2) is 19.2 Å². The van der Waals surface area contributed by atoms with E-state index in [1.54, 1.807) is 6.07 Å². The van der Waals surface area contributed by atoms with Gasteiger partial charge in [-0.2, -0.15) is 0 Å². The minimum absolute atomic E-state index is 0.121. The molecule has 0 aliphatic heterocycles. The molecule has 0 heterocycles. The van der Waals surface area contributed by atoms with E-state index in [4.69, 9.17) is 16.3 Å². The Morgan fingerprint density at radius 2 is 1.95 bits per heavy atom. The molecule has 1 atom stereocenters. The van der Waals surface area contributed by atoms with Crippen molar-refractivity contribution in [3.05, 3.63) is 64.9 Å². The minimum Gasteiger partial charge on any atom is -0.492 e. The lowest BCUT2D eigenvalue weighted by Gasteiger charge is -2.19. The Bertz CT molecular complexity index is 562. The van der Waals surface area contributed by atoms with Gasteiger partial charge in [0, 0.05) is 6.04 Å². The zero-order valence-corrected chi connectivity index (χ0v) is 12.7. The van der Waals surface area contributed by atoms with Crippen LogP contribution in [0.25, 0.3) is 0 Å². The van der Waals surface area contributed by atoms with Gasteiger partial charge in [0.25, 0.3) is 0 Å². The topological polar surface area (TPSA) is 21.3 Å². The Labute approximate surface area is 129 Å². The summed E-state index contributed by atoms with van der Waals surface area (Å²) in [5, 5.41) is 3.51. The number of halogens is 2. The fraction of sp³-hybridized carbons (Fsp3) is 0.294. The molecule has 0 saturated carbocycles. The van der Waals surface area contributed by atoms with Gasteiger partial charge in [-0.1, -0.05) is 42.8 Å². The molecule has 2 aromatic rings. The van der Waals surface area contributed by atoms with Crippen molar-refractivity contribution in [1.82, 2.24) is 5.32 Å². The first-order valence-electron chi connectivity index (χ1n) is 7.04. The number of likely N-dealkylation sites (N-methyl/N-ethyl adjacent to an activating group) is 1. The Morgan fingerprint density at radius 3 is 2.62 bits per heavy atom. The van der Waals surface area contributed by atoms with Crippen molar-refractivity contribution >= 4 is 11.6 Å². The fourth-order valence-electron chi connectivity index (χ4n) is 2.14. The number of benzene rings is 2. The lowest BCUT2D eigenvalue weighted by Crippen LogP contribution is -2.36. The molecule has 0 amide bonds. The molecule has 4 heteroatoms. The van der Waals surface area contributed by atoms with E-state index in [1.165, 1.54) is 6.07 Å². The van der Waals surface area contributed by atoms with Gasteiger partial charge in [-0.25, -0.2) is 4.39 Å². The summed E-state index contributed by atoms with van der Waals surface area (Å²) in [6.07, 6.45) is 0.689. The van der Waals surface area contributed by atoms with Crippen molar-refractivity contribution in [2.75, 3.05) is 13.2 Å². The molecule has 112 valence electrons. The number of para-hydroxylation sites is 1. The zero-order valence-electron chi connectivity index (χ0n) is 12.0. The molecule has 21 heavy (non-hydrogen) atoms. The summed E-state index contributed by atoms with van der Waals surface area (Å²) in [6, 6.07) is 14.7. The number of nitrogens with one attached hydrogen (secondary N) is 1. The van der Waals surface area contributed by atoms with Crippen LogP contribution in [0.4, 0.5) is 4.39 Å². The van der Waals surface area contributed by atoms with Crippen LogP contribution in [0.1, 0.15) is 12.5 Å². The lowest BCUT2D eigenvalue weighted by atomic mass is 10.1. The van der Waals surface area contributed by atoms with Gasteiger partial charge in [-0.15, -0.1) is 0 Å². The summed E-state index contributed by atoms with van der Waals surface area (Å²) < 4.78 is 19.2. The van der Waals surface area contributed by atoms with Crippen molar-refractivity contribution in [1.29, 1.82) is 0 Å². The van der Waals surface area contributed by atoms with Gasteiger partial charge in [0.1, 0.15) is 18.2 Å². The van der Waals surface area contributed by atoms with E-state index in [1.807, 2.05) is 43.3 Å². The molecule has 0 aliphatic rings. The molecule has 2 nitrogen and oxygen atoms in total. The van der Waals surface area contributed by atoms with Gasteiger partial charge in [0.05, 0.1) is 5.02 Å². The lowest BCUT2D eigenvalue weighted by molar-refractivity contribution is 0.265. The molecule has 0 saturated heterocycles. The van der Waals surface area contributed by atoms with E-state index < -0.39 is 0 Å². The van der Waals surface area contributed by atoms with Crippen LogP contribution in [0.5, 0.6) is 5.75 Å². The van der Waals surface area contributed by atoms with Gasteiger partial charge < -0.3 is 10.1 Å². The van der Waals surface area contributed by atoms with E-state index in [-0.39, 0.29) is 16.9 Å². The van der Waals surface area contributed by atoms with Crippen LogP contribution in [-0.2, 0) is 6.42 Å². The maximum Gasteiger partial charge on any atom is 0.142 e. The largest absolute Gasteiger partial charge is 0.492 e. The monoisotopic (exact) mass is 307 g/mol. The molecule has 0 radical (unpaired) electrons. The third-order valence-electron chi connectivity index (χ3n) is 3.15. The van der Waals surface area contributed by atoms with Crippen LogP contribution >= 0.6 is 11.6 Å². The standard InChI is InChI=1S/C17H19ClFNO/c1-2-20-14(12-21-15-6-4-3-5-7-15)10-13-8-9-16(18)17(19)11-13/h3-9,11,14,20H,2,10,12H2,1H3. The van der Waals surface area contributed by atoms with Gasteiger partial charge >= 0.3 is 0 Å². The van der Waals surface area contributed by atoms with E-state index in [9.17, 15) is 4.39 Å². The second-order valence-electron chi connectivity index (χ2n) is 4.83. The highest BCUT2D eigenvalue weighted by Gasteiger charge is 2.11. The Balaban J connectivity index is 1.96. The first-order chi connectivity index (χ1) is 10.2. The third-order valence-corrected chi connectivity index (χ3v) is 3.46. The zero-order chi connectivity index (χ0) is 15.1. The molecular formula is C17H19ClFNO. The number of hydrogen-bond acceptors (Lipinski definition) is 2. The SMILES string of the molecule is CCNC(COc1ccccc1)Cc1ccc(Cl)c(F)c1. The summed E-state index contributed by atoms with van der Waals surface area (Å²) in [4.78, 5) is 0. The molecule has 0 fully saturated rings. The molecule has 1 unspecified atom stereocenters. The van der Waals surface area contributed by atoms with Gasteiger partial charge in [0.15, 0.2) is 0 Å². The summed E-state index contributed by atoms with van der Waals surface area (Å²) >= 11 is 5.70. The number of hydrogen-bond donors (Lipinski definition) is 1. The molecular weight excluding hydrogens is 289 g/mol. The van der Waals surface area contributed by atoms with Crippen LogP contribution in [0.2, 0.25) is 5.02 Å². The van der Waals surface area contributed by atoms with Crippen LogP contribution in [0.3, 0.4) is 0 Å². The Hall–Kier alpha value is -1.58. The second kappa shape index (κ2) is 8.01. The summed E-state index contributed by atoms with van der Waals surface area (Å²) in [5.74, 6) is 0.455. The molecule has 0 spiro atoms. The van der Waals surface area contributed by atoms with Crippen LogP contribution in [0.15, 0.2) is 48.5 Å². The summed E-state index contributed by atoms with van der Waals surface area (Å²) in [5.41, 5.74) is 0.902. The summed E-state index contributed by atoms with van der Waals surface area (Å²) in [7, 11) is 0. The van der Waals surface area contributed by atoms with Gasteiger partial charge in [0.2, 0.25) is 0 Å². The molecule has 0 aliphatic carbocycles. The highest BCUT2D eigenvalue weighted by molar-refractivity contribution is 6.30. The first kappa shape index (κ1) is 15.8. The normalized spacial score (nSPS) is 12.1. The second-order valence-corrected chi connectivity index (χ2v) is 5.24. The maximum absolute atomic E-state index is 13.5. The number of ether oxygens (including phenoxy) is 1. The van der Waals surface area contributed by atoms with Crippen LogP contribution in [0, 0.1) is 5.82 Å². The first-order valence-corrected chi connectivity index (χ1v) is 7.42. The Kier molecular flexibility index (Phi) is 6.03. The predicted octanol–water partition coefficient (Wildman–Crippen LogP) is 4.08. The van der Waals surface area contributed by atoms with Crippen molar-refractivity contribution in [3.8, 4) is 5.75 Å². The molecule has 2 aromatic carbocycles. The molecule has 2 rings (SSSR count). The molecule has 0 bridgehead atoms. The van der Waals surface area contributed by atoms with Crippen molar-refractivity contribution in [2.24, 2.45) is 0 Å². The fourth-order valence-corrected chi connectivity index (χ4v) is 2.26. The predicted molar refractivity (Wildman–Crippen MR) is 84.5 cm³/mol. The van der Waals surface area contributed by atoms with Gasteiger partial charge in [-0.05, 0) is 42.8 Å². The van der Waals surface area contributed by atoms with E-state index in [0.717, 1.165) is 17.9 Å². The van der Waals surface area contributed by atoms with E-state index in [2.05, 4.69) is 5.32 Å². The van der Waals surface area contributed by atoms with Crippen molar-refractivity contribution in [3.63, 3.8) is 0 Å². The summed E-state index contributed by atoms with van der Waals surface area (Å²) in [6.45, 7) is 3.40. The average molecular weight is 308 g/mol. The van der Waals surface area contributed by atoms with Crippen LogP contribution < -0.4 is 10.1 Å². The van der Waals surface area contributed by atoms with Crippen molar-refractivity contribution < 1.29 is 9.13 Å². The van der Waals surface area contributed by atoms with Crippen molar-refractivity contribution in [2.45, 2.75) is 19.4 Å².